The van der Waals surface area contributed by atoms with Crippen molar-refractivity contribution in [2.45, 2.75) is 19.3 Å². The second-order valence-electron chi connectivity index (χ2n) is 9.13. The van der Waals surface area contributed by atoms with E-state index >= 15 is 0 Å². The molecule has 0 heterocycles. The van der Waals surface area contributed by atoms with Crippen molar-refractivity contribution in [3.05, 3.63) is 179 Å². The van der Waals surface area contributed by atoms with E-state index in [0.717, 1.165) is 6.42 Å². The van der Waals surface area contributed by atoms with Crippen LogP contribution in [0.5, 0.6) is 0 Å². The molecule has 0 saturated carbocycles. The molecule has 0 radical (unpaired) electrons. The molecule has 4 aromatic carbocycles. The van der Waals surface area contributed by atoms with Crippen molar-refractivity contribution >= 4 is 12.2 Å². The fourth-order valence-corrected chi connectivity index (χ4v) is 4.89. The van der Waals surface area contributed by atoms with Gasteiger partial charge >= 0.3 is 0 Å². The van der Waals surface area contributed by atoms with Crippen LogP contribution < -0.4 is 0 Å². The van der Waals surface area contributed by atoms with Gasteiger partial charge in [0.15, 0.2) is 0 Å². The Labute approximate surface area is 246 Å². The molecule has 38 heavy (non-hydrogen) atoms. The van der Waals surface area contributed by atoms with Crippen molar-refractivity contribution in [2.24, 2.45) is 0 Å². The number of hydrogen-bond acceptors (Lipinski definition) is 0. The molecule has 1 heteroatoms. The van der Waals surface area contributed by atoms with Gasteiger partial charge in [-0.15, -0.1) is 11.6 Å². The second kappa shape index (κ2) is 13.8. The van der Waals surface area contributed by atoms with Crippen LogP contribution >= 0.6 is 0 Å². The first kappa shape index (κ1) is 27.5. The van der Waals surface area contributed by atoms with Crippen molar-refractivity contribution in [1.29, 1.82) is 0 Å². The second-order valence-corrected chi connectivity index (χ2v) is 9.13. The molecular weight excluding hydrogens is 536 g/mol. The zero-order valence-corrected chi connectivity index (χ0v) is 24.2. The SMILES string of the molecule is C(C=Cc1ccccc1)=Cc1ccccc1.CCC=C1[C-]=C(C2c3ccccc3-c3ccccc32)C=C1.[Zr]. The minimum Gasteiger partial charge on any atom is -0.177 e. The van der Waals surface area contributed by atoms with Crippen molar-refractivity contribution in [2.75, 3.05) is 0 Å². The van der Waals surface area contributed by atoms with Gasteiger partial charge in [0.2, 0.25) is 0 Å². The van der Waals surface area contributed by atoms with Gasteiger partial charge in [0, 0.05) is 32.1 Å². The van der Waals surface area contributed by atoms with Crippen molar-refractivity contribution < 1.29 is 26.2 Å². The van der Waals surface area contributed by atoms with Gasteiger partial charge in [0.05, 0.1) is 0 Å². The number of allylic oxidation sites excluding steroid dienone is 8. The number of rotatable bonds is 5. The number of fused-ring (bicyclic) bond motifs is 3. The van der Waals surface area contributed by atoms with E-state index in [4.69, 9.17) is 0 Å². The van der Waals surface area contributed by atoms with Crippen molar-refractivity contribution in [3.8, 4) is 11.1 Å². The van der Waals surface area contributed by atoms with E-state index in [1.807, 2.05) is 36.4 Å². The Hall–Kier alpha value is -3.54. The molecule has 4 aromatic rings. The molecule has 0 amide bonds. The monoisotopic (exact) mass is 565 g/mol. The van der Waals surface area contributed by atoms with Gasteiger partial charge in [-0.2, -0.15) is 23.8 Å². The largest absolute Gasteiger partial charge is 0.177 e. The zero-order chi connectivity index (χ0) is 25.3. The Bertz CT molecular complexity index is 1390. The molecular formula is C37H31Zr-. The van der Waals surface area contributed by atoms with E-state index < -0.39 is 0 Å². The summed E-state index contributed by atoms with van der Waals surface area (Å²) >= 11 is 0. The van der Waals surface area contributed by atoms with Gasteiger partial charge in [-0.05, 0) is 33.4 Å². The molecule has 184 valence electrons. The van der Waals surface area contributed by atoms with Gasteiger partial charge < -0.3 is 0 Å². The number of benzene rings is 4. The van der Waals surface area contributed by atoms with E-state index in [0.29, 0.717) is 5.92 Å². The number of hydrogen-bond donors (Lipinski definition) is 0. The Morgan fingerprint density at radius 1 is 0.605 bits per heavy atom. The van der Waals surface area contributed by atoms with Crippen molar-refractivity contribution in [3.63, 3.8) is 0 Å². The summed E-state index contributed by atoms with van der Waals surface area (Å²) in [5.41, 5.74) is 10.5. The Kier molecular flexibility index (Phi) is 10.0. The van der Waals surface area contributed by atoms with Gasteiger partial charge in [-0.25, -0.2) is 0 Å². The predicted octanol–water partition coefficient (Wildman–Crippen LogP) is 9.85. The maximum Gasteiger partial charge on any atom is 0.0175 e. The third-order valence-corrected chi connectivity index (χ3v) is 6.59. The minimum atomic E-state index is 0. The zero-order valence-electron chi connectivity index (χ0n) is 21.7. The molecule has 0 N–H and O–H groups in total. The molecule has 2 aliphatic rings. The van der Waals surface area contributed by atoms with Crippen LogP contribution in [0.1, 0.15) is 41.5 Å². The first-order chi connectivity index (χ1) is 18.3. The molecule has 0 atom stereocenters. The molecule has 0 unspecified atom stereocenters. The van der Waals surface area contributed by atoms with E-state index in [2.05, 4.69) is 128 Å². The van der Waals surface area contributed by atoms with Crippen LogP contribution in [0.25, 0.3) is 23.3 Å². The van der Waals surface area contributed by atoms with Crippen LogP contribution in [-0.2, 0) is 26.2 Å². The molecule has 0 aromatic heterocycles. The maximum absolute atomic E-state index is 3.58. The Morgan fingerprint density at radius 3 is 1.58 bits per heavy atom. The molecule has 2 aliphatic carbocycles. The fraction of sp³-hybridized carbons (Fsp3) is 0.0811. The van der Waals surface area contributed by atoms with Gasteiger partial charge in [0.25, 0.3) is 0 Å². The first-order valence-electron chi connectivity index (χ1n) is 13.0. The summed E-state index contributed by atoms with van der Waals surface area (Å²) in [6, 6.07) is 38.1. The fourth-order valence-electron chi connectivity index (χ4n) is 4.89. The van der Waals surface area contributed by atoms with Crippen LogP contribution in [-0.4, -0.2) is 0 Å². The standard InChI is InChI=1S/C21H17.C16H14.Zr/c1-2-7-15-12-13-16(14-15)21-19-10-5-3-8-17(19)18-9-4-6-11-20(18)21;1-3-9-15(10-4-1)13-7-8-14-16-11-5-2-6-12-16;/h3-13,21H,2H2,1H3;1-14H;/q-1;;. The molecule has 0 bridgehead atoms. The summed E-state index contributed by atoms with van der Waals surface area (Å²) in [7, 11) is 0. The molecule has 0 saturated heterocycles. The smallest absolute Gasteiger partial charge is 0.0175 e. The summed E-state index contributed by atoms with van der Waals surface area (Å²) in [5, 5.41) is 0. The van der Waals surface area contributed by atoms with Crippen LogP contribution in [0.4, 0.5) is 0 Å². The van der Waals surface area contributed by atoms with Gasteiger partial charge in [-0.3, -0.25) is 0 Å². The summed E-state index contributed by atoms with van der Waals surface area (Å²) < 4.78 is 0. The topological polar surface area (TPSA) is 0 Å². The summed E-state index contributed by atoms with van der Waals surface area (Å²) in [6.07, 6.45) is 19.6. The quantitative estimate of drug-likeness (QED) is 0.167. The third-order valence-electron chi connectivity index (χ3n) is 6.59. The summed E-state index contributed by atoms with van der Waals surface area (Å²) in [4.78, 5) is 0. The first-order valence-corrected chi connectivity index (χ1v) is 13.0. The molecule has 0 nitrogen and oxygen atoms in total. The normalized spacial score (nSPS) is 14.7. The molecule has 0 spiro atoms. The maximum atomic E-state index is 3.58. The molecule has 0 fully saturated rings. The van der Waals surface area contributed by atoms with Crippen molar-refractivity contribution in [1.82, 2.24) is 0 Å². The van der Waals surface area contributed by atoms with E-state index in [-0.39, 0.29) is 26.2 Å². The Morgan fingerprint density at radius 2 is 1.08 bits per heavy atom. The van der Waals surface area contributed by atoms with Crippen LogP contribution in [0, 0.1) is 6.08 Å². The average molecular weight is 567 g/mol. The predicted molar refractivity (Wildman–Crippen MR) is 159 cm³/mol. The van der Waals surface area contributed by atoms with E-state index in [1.165, 1.54) is 44.5 Å². The summed E-state index contributed by atoms with van der Waals surface area (Å²) in [5.74, 6) is 0.330. The van der Waals surface area contributed by atoms with Gasteiger partial charge in [0.1, 0.15) is 0 Å². The molecule has 0 aliphatic heterocycles. The molecule has 6 rings (SSSR count). The summed E-state index contributed by atoms with van der Waals surface area (Å²) in [6.45, 7) is 2.17. The van der Waals surface area contributed by atoms with E-state index in [1.54, 1.807) is 0 Å². The van der Waals surface area contributed by atoms with Crippen LogP contribution in [0.3, 0.4) is 0 Å². The van der Waals surface area contributed by atoms with E-state index in [9.17, 15) is 0 Å². The third kappa shape index (κ3) is 6.66. The van der Waals surface area contributed by atoms with Crippen LogP contribution in [0.15, 0.2) is 151 Å². The minimum absolute atomic E-state index is 0. The van der Waals surface area contributed by atoms with Gasteiger partial charge in [-0.1, -0.05) is 147 Å². The average Bonchev–Trinajstić information content (AvgIpc) is 3.55. The van der Waals surface area contributed by atoms with Crippen LogP contribution in [0.2, 0.25) is 0 Å². The Balaban J connectivity index is 0.000000179.